The molecule has 0 unspecified atom stereocenters. The highest BCUT2D eigenvalue weighted by Gasteiger charge is 2.07. The van der Waals surface area contributed by atoms with Gasteiger partial charge in [0.05, 0.1) is 6.54 Å². The summed E-state index contributed by atoms with van der Waals surface area (Å²) in [7, 11) is 0. The molecule has 1 amide bonds. The van der Waals surface area contributed by atoms with Crippen molar-refractivity contribution in [3.63, 3.8) is 0 Å². The van der Waals surface area contributed by atoms with Crippen LogP contribution in [0.15, 0.2) is 12.1 Å². The summed E-state index contributed by atoms with van der Waals surface area (Å²) in [6.45, 7) is 9.54. The van der Waals surface area contributed by atoms with Gasteiger partial charge in [0.15, 0.2) is 0 Å². The van der Waals surface area contributed by atoms with Gasteiger partial charge in [-0.3, -0.25) is 4.79 Å². The van der Waals surface area contributed by atoms with Crippen molar-refractivity contribution in [3.8, 4) is 0 Å². The van der Waals surface area contributed by atoms with Crippen molar-refractivity contribution in [1.82, 2.24) is 5.32 Å². The number of hydrogen-bond donors (Lipinski definition) is 2. The van der Waals surface area contributed by atoms with E-state index in [1.807, 2.05) is 13.8 Å². The van der Waals surface area contributed by atoms with Gasteiger partial charge in [0.2, 0.25) is 5.91 Å². The third-order valence-corrected chi connectivity index (χ3v) is 2.93. The Morgan fingerprint density at radius 3 is 2.26 bits per heavy atom. The first kappa shape index (κ1) is 17.9. The van der Waals surface area contributed by atoms with Crippen molar-refractivity contribution in [1.29, 1.82) is 0 Å². The van der Waals surface area contributed by atoms with Crippen LogP contribution in [0.4, 0.5) is 5.69 Å². The highest BCUT2D eigenvalue weighted by molar-refractivity contribution is 5.93. The highest BCUT2D eigenvalue weighted by atomic mass is 35.5. The zero-order chi connectivity index (χ0) is 13.5. The third-order valence-electron chi connectivity index (χ3n) is 2.93. The molecule has 0 aliphatic heterocycles. The summed E-state index contributed by atoms with van der Waals surface area (Å²) in [4.78, 5) is 11.8. The van der Waals surface area contributed by atoms with Gasteiger partial charge in [-0.1, -0.05) is 31.0 Å². The van der Waals surface area contributed by atoms with Crippen molar-refractivity contribution < 1.29 is 4.79 Å². The van der Waals surface area contributed by atoms with E-state index in [4.69, 9.17) is 0 Å². The van der Waals surface area contributed by atoms with Gasteiger partial charge in [0.25, 0.3) is 0 Å². The van der Waals surface area contributed by atoms with Crippen LogP contribution in [0.2, 0.25) is 0 Å². The molecule has 0 aliphatic rings. The molecule has 0 heterocycles. The SMILES string of the molecule is CCCCNCC(=O)Nc1c(C)cc(C)cc1C.Cl. The van der Waals surface area contributed by atoms with Gasteiger partial charge >= 0.3 is 0 Å². The van der Waals surface area contributed by atoms with Gasteiger partial charge in [-0.15, -0.1) is 12.4 Å². The molecule has 0 aromatic heterocycles. The minimum atomic E-state index is 0. The number of carbonyl (C=O) groups excluding carboxylic acids is 1. The Bertz CT molecular complexity index is 396. The predicted octanol–water partition coefficient (Wildman–Crippen LogP) is 3.36. The number of aryl methyl sites for hydroxylation is 3. The molecule has 2 N–H and O–H groups in total. The number of unbranched alkanes of at least 4 members (excludes halogenated alkanes) is 1. The highest BCUT2D eigenvalue weighted by Crippen LogP contribution is 2.21. The van der Waals surface area contributed by atoms with Crippen molar-refractivity contribution in [3.05, 3.63) is 28.8 Å². The van der Waals surface area contributed by atoms with Crippen molar-refractivity contribution in [2.45, 2.75) is 40.5 Å². The lowest BCUT2D eigenvalue weighted by Gasteiger charge is -2.13. The number of anilines is 1. The topological polar surface area (TPSA) is 41.1 Å². The maximum absolute atomic E-state index is 11.8. The van der Waals surface area contributed by atoms with E-state index >= 15 is 0 Å². The van der Waals surface area contributed by atoms with Gasteiger partial charge in [-0.05, 0) is 44.9 Å². The quantitative estimate of drug-likeness (QED) is 0.787. The van der Waals surface area contributed by atoms with Gasteiger partial charge < -0.3 is 10.6 Å². The molecule has 0 saturated heterocycles. The van der Waals surface area contributed by atoms with Crippen LogP contribution in [0, 0.1) is 20.8 Å². The first-order valence-corrected chi connectivity index (χ1v) is 6.63. The van der Waals surface area contributed by atoms with Gasteiger partial charge in [-0.2, -0.15) is 0 Å². The number of hydrogen-bond acceptors (Lipinski definition) is 2. The van der Waals surface area contributed by atoms with Crippen LogP contribution in [-0.4, -0.2) is 19.0 Å². The van der Waals surface area contributed by atoms with Crippen LogP contribution in [0.25, 0.3) is 0 Å². The lowest BCUT2D eigenvalue weighted by Crippen LogP contribution is -2.29. The van der Waals surface area contributed by atoms with E-state index < -0.39 is 0 Å². The monoisotopic (exact) mass is 284 g/mol. The molecule has 0 fully saturated rings. The second-order valence-corrected chi connectivity index (χ2v) is 4.85. The van der Waals surface area contributed by atoms with Crippen LogP contribution >= 0.6 is 12.4 Å². The average molecular weight is 285 g/mol. The standard InChI is InChI=1S/C15H24N2O.ClH/c1-5-6-7-16-10-14(18)17-15-12(3)8-11(2)9-13(15)4;/h8-9,16H,5-7,10H2,1-4H3,(H,17,18);1H. The molecule has 0 atom stereocenters. The Balaban J connectivity index is 0.00000324. The van der Waals surface area contributed by atoms with Crippen molar-refractivity contribution in [2.24, 2.45) is 0 Å². The van der Waals surface area contributed by atoms with Gasteiger partial charge in [-0.25, -0.2) is 0 Å². The molecule has 4 heteroatoms. The molecule has 0 radical (unpaired) electrons. The van der Waals surface area contributed by atoms with Crippen LogP contribution in [-0.2, 0) is 4.79 Å². The van der Waals surface area contributed by atoms with E-state index in [-0.39, 0.29) is 18.3 Å². The maximum atomic E-state index is 11.8. The van der Waals surface area contributed by atoms with Gasteiger partial charge in [0, 0.05) is 5.69 Å². The number of halogens is 1. The fourth-order valence-corrected chi connectivity index (χ4v) is 2.06. The number of benzene rings is 1. The zero-order valence-electron chi connectivity index (χ0n) is 12.3. The molecule has 1 aromatic rings. The summed E-state index contributed by atoms with van der Waals surface area (Å²) in [5.41, 5.74) is 4.41. The molecule has 0 spiro atoms. The molecular weight excluding hydrogens is 260 g/mol. The molecule has 0 saturated carbocycles. The zero-order valence-corrected chi connectivity index (χ0v) is 13.1. The largest absolute Gasteiger partial charge is 0.324 e. The molecular formula is C15H25ClN2O. The van der Waals surface area contributed by atoms with Crippen LogP contribution < -0.4 is 10.6 Å². The van der Waals surface area contributed by atoms with E-state index in [0.717, 1.165) is 36.2 Å². The van der Waals surface area contributed by atoms with Crippen LogP contribution in [0.5, 0.6) is 0 Å². The Morgan fingerprint density at radius 2 is 1.74 bits per heavy atom. The average Bonchev–Trinajstić information content (AvgIpc) is 2.29. The fourth-order valence-electron chi connectivity index (χ4n) is 2.06. The normalized spacial score (nSPS) is 9.89. The van der Waals surface area contributed by atoms with E-state index in [0.29, 0.717) is 6.54 Å². The second kappa shape index (κ2) is 8.94. The summed E-state index contributed by atoms with van der Waals surface area (Å²) in [5.74, 6) is 0.0288. The fraction of sp³-hybridized carbons (Fsp3) is 0.533. The Morgan fingerprint density at radius 1 is 1.16 bits per heavy atom. The lowest BCUT2D eigenvalue weighted by atomic mass is 10.1. The second-order valence-electron chi connectivity index (χ2n) is 4.85. The first-order valence-electron chi connectivity index (χ1n) is 6.63. The minimum Gasteiger partial charge on any atom is -0.324 e. The van der Waals surface area contributed by atoms with Crippen LogP contribution in [0.1, 0.15) is 36.5 Å². The number of rotatable bonds is 6. The number of amides is 1. The molecule has 0 bridgehead atoms. The summed E-state index contributed by atoms with van der Waals surface area (Å²) >= 11 is 0. The number of carbonyl (C=O) groups is 1. The number of nitrogens with one attached hydrogen (secondary N) is 2. The minimum absolute atomic E-state index is 0. The maximum Gasteiger partial charge on any atom is 0.238 e. The van der Waals surface area contributed by atoms with Gasteiger partial charge in [0.1, 0.15) is 0 Å². The predicted molar refractivity (Wildman–Crippen MR) is 84.3 cm³/mol. The smallest absolute Gasteiger partial charge is 0.238 e. The molecule has 3 nitrogen and oxygen atoms in total. The van der Waals surface area contributed by atoms with E-state index in [1.54, 1.807) is 0 Å². The molecule has 108 valence electrons. The summed E-state index contributed by atoms with van der Waals surface area (Å²) < 4.78 is 0. The Kier molecular flexibility index (Phi) is 8.44. The van der Waals surface area contributed by atoms with Crippen molar-refractivity contribution in [2.75, 3.05) is 18.4 Å². The molecule has 1 aromatic carbocycles. The summed E-state index contributed by atoms with van der Waals surface area (Å²) in [6.07, 6.45) is 2.25. The Hall–Kier alpha value is -1.06. The Labute approximate surface area is 122 Å². The van der Waals surface area contributed by atoms with E-state index in [9.17, 15) is 4.79 Å². The van der Waals surface area contributed by atoms with E-state index in [1.165, 1.54) is 5.56 Å². The molecule has 1 rings (SSSR count). The molecule has 0 aliphatic carbocycles. The summed E-state index contributed by atoms with van der Waals surface area (Å²) in [6, 6.07) is 4.18. The first-order chi connectivity index (χ1) is 8.54. The summed E-state index contributed by atoms with van der Waals surface area (Å²) in [5, 5.41) is 6.13. The lowest BCUT2D eigenvalue weighted by molar-refractivity contribution is -0.115. The third kappa shape index (κ3) is 6.08. The van der Waals surface area contributed by atoms with Crippen molar-refractivity contribution >= 4 is 24.0 Å². The molecule has 19 heavy (non-hydrogen) atoms. The van der Waals surface area contributed by atoms with Crippen LogP contribution in [0.3, 0.4) is 0 Å². The van der Waals surface area contributed by atoms with E-state index in [2.05, 4.69) is 36.6 Å².